The number of aryl methyl sites for hydroxylation is 1. The number of nitrogens with zero attached hydrogens (tertiary/aromatic N) is 4. The van der Waals surface area contributed by atoms with Crippen molar-refractivity contribution in [1.29, 1.82) is 0 Å². The van der Waals surface area contributed by atoms with E-state index in [1.165, 1.54) is 17.8 Å². The number of hydrogen-bond donors (Lipinski definition) is 1. The minimum absolute atomic E-state index is 0.0299. The molecule has 1 N–H and O–H groups in total. The summed E-state index contributed by atoms with van der Waals surface area (Å²) in [6, 6.07) is 0.0299. The van der Waals surface area contributed by atoms with Crippen LogP contribution < -0.4 is 5.32 Å². The van der Waals surface area contributed by atoms with Gasteiger partial charge < -0.3 is 15.1 Å². The lowest BCUT2D eigenvalue weighted by molar-refractivity contribution is 0.136. The number of hydrogen-bond acceptors (Lipinski definition) is 5. The second-order valence-electron chi connectivity index (χ2n) is 6.43. The van der Waals surface area contributed by atoms with Crippen molar-refractivity contribution in [1.82, 2.24) is 25.0 Å². The number of carbonyl (C=O) groups is 1. The van der Waals surface area contributed by atoms with E-state index in [0.717, 1.165) is 60.7 Å². The van der Waals surface area contributed by atoms with Crippen molar-refractivity contribution >= 4 is 29.0 Å². The Balaban J connectivity index is 1.62. The van der Waals surface area contributed by atoms with Crippen molar-refractivity contribution in [2.45, 2.75) is 19.8 Å². The van der Waals surface area contributed by atoms with Crippen LogP contribution >= 0.6 is 22.9 Å². The fourth-order valence-corrected chi connectivity index (χ4v) is 3.81. The van der Waals surface area contributed by atoms with Gasteiger partial charge in [-0.15, -0.1) is 11.3 Å². The van der Waals surface area contributed by atoms with Crippen LogP contribution in [0.15, 0.2) is 0 Å². The molecule has 8 heteroatoms. The van der Waals surface area contributed by atoms with Crippen molar-refractivity contribution < 1.29 is 4.79 Å². The van der Waals surface area contributed by atoms with Gasteiger partial charge in [-0.3, -0.25) is 4.90 Å². The number of thiazole rings is 1. The first kappa shape index (κ1) is 19.4. The molecule has 0 aromatic carbocycles. The van der Waals surface area contributed by atoms with Gasteiger partial charge in [0.2, 0.25) is 0 Å². The van der Waals surface area contributed by atoms with Crippen LogP contribution in [0.5, 0.6) is 0 Å². The van der Waals surface area contributed by atoms with Crippen molar-refractivity contribution in [2.75, 3.05) is 59.9 Å². The van der Waals surface area contributed by atoms with E-state index in [-0.39, 0.29) is 6.03 Å². The van der Waals surface area contributed by atoms with E-state index in [4.69, 9.17) is 11.6 Å². The summed E-state index contributed by atoms with van der Waals surface area (Å²) in [7, 11) is 4.20. The van der Waals surface area contributed by atoms with Crippen LogP contribution in [-0.4, -0.2) is 85.6 Å². The number of piperazine rings is 1. The van der Waals surface area contributed by atoms with Crippen LogP contribution in [0.3, 0.4) is 0 Å². The first-order valence-corrected chi connectivity index (χ1v) is 9.67. The molecule has 1 aromatic heterocycles. The molecular weight excluding hydrogens is 346 g/mol. The third kappa shape index (κ3) is 6.20. The largest absolute Gasteiger partial charge is 0.338 e. The Morgan fingerprint density at radius 2 is 2.04 bits per heavy atom. The van der Waals surface area contributed by atoms with Gasteiger partial charge in [-0.1, -0.05) is 11.6 Å². The molecule has 6 nitrogen and oxygen atoms in total. The summed E-state index contributed by atoms with van der Waals surface area (Å²) < 4.78 is 0.738. The molecule has 1 aliphatic heterocycles. The first-order valence-electron chi connectivity index (χ1n) is 8.47. The molecule has 0 atom stereocenters. The maximum absolute atomic E-state index is 12.2. The van der Waals surface area contributed by atoms with Crippen molar-refractivity contribution in [3.63, 3.8) is 0 Å². The number of urea groups is 1. The molecule has 1 aliphatic rings. The molecule has 0 saturated carbocycles. The van der Waals surface area contributed by atoms with E-state index < -0.39 is 0 Å². The van der Waals surface area contributed by atoms with Crippen molar-refractivity contribution in [3.05, 3.63) is 15.0 Å². The summed E-state index contributed by atoms with van der Waals surface area (Å²) >= 11 is 7.50. The van der Waals surface area contributed by atoms with E-state index in [9.17, 15) is 4.79 Å². The molecule has 24 heavy (non-hydrogen) atoms. The molecule has 0 unspecified atom stereocenters. The molecule has 2 amide bonds. The summed E-state index contributed by atoms with van der Waals surface area (Å²) in [5, 5.41) is 3.96. The number of halogens is 1. The molecule has 1 fully saturated rings. The molecule has 0 spiro atoms. The maximum atomic E-state index is 12.2. The number of rotatable bonds is 7. The number of carbonyl (C=O) groups excluding carboxylic acids is 1. The van der Waals surface area contributed by atoms with E-state index in [0.29, 0.717) is 6.54 Å². The zero-order valence-electron chi connectivity index (χ0n) is 14.8. The van der Waals surface area contributed by atoms with E-state index in [1.54, 1.807) is 0 Å². The first-order chi connectivity index (χ1) is 11.5. The van der Waals surface area contributed by atoms with Gasteiger partial charge in [0.05, 0.1) is 10.7 Å². The van der Waals surface area contributed by atoms with Gasteiger partial charge in [-0.25, -0.2) is 9.78 Å². The summed E-state index contributed by atoms with van der Waals surface area (Å²) in [4.78, 5) is 23.2. The minimum Gasteiger partial charge on any atom is -0.338 e. The SMILES string of the molecule is Cc1nc(CCNC(=O)N2CCN(CCCN(C)C)CC2)sc1Cl. The Hall–Kier alpha value is -0.890. The topological polar surface area (TPSA) is 51.7 Å². The summed E-state index contributed by atoms with van der Waals surface area (Å²) in [5.74, 6) is 0. The van der Waals surface area contributed by atoms with Crippen LogP contribution in [0.25, 0.3) is 0 Å². The minimum atomic E-state index is 0.0299. The van der Waals surface area contributed by atoms with Crippen LogP contribution in [0.2, 0.25) is 4.34 Å². The molecule has 0 aliphatic carbocycles. The standard InChI is InChI=1S/C16H28ClN5OS/c1-13-15(17)24-14(19-13)5-6-18-16(23)22-11-9-21(10-12-22)8-4-7-20(2)3/h4-12H2,1-3H3,(H,18,23). The molecule has 1 saturated heterocycles. The molecule has 2 rings (SSSR count). The average Bonchev–Trinajstić information content (AvgIpc) is 2.86. The normalized spacial score (nSPS) is 16.0. The lowest BCUT2D eigenvalue weighted by Crippen LogP contribution is -2.52. The highest BCUT2D eigenvalue weighted by Crippen LogP contribution is 2.23. The third-order valence-corrected chi connectivity index (χ3v) is 5.65. The monoisotopic (exact) mass is 373 g/mol. The van der Waals surface area contributed by atoms with Gasteiger partial charge in [0, 0.05) is 39.1 Å². The Kier molecular flexibility index (Phi) is 7.74. The number of nitrogens with one attached hydrogen (secondary N) is 1. The summed E-state index contributed by atoms with van der Waals surface area (Å²) in [5.41, 5.74) is 0.869. The van der Waals surface area contributed by atoms with Gasteiger partial charge in [0.1, 0.15) is 4.34 Å². The Bertz CT molecular complexity index is 509. The molecule has 2 heterocycles. The van der Waals surface area contributed by atoms with E-state index in [1.807, 2.05) is 11.8 Å². The Morgan fingerprint density at radius 3 is 2.62 bits per heavy atom. The predicted molar refractivity (Wildman–Crippen MR) is 100 cm³/mol. The fourth-order valence-electron chi connectivity index (χ4n) is 2.71. The highest BCUT2D eigenvalue weighted by Gasteiger charge is 2.20. The van der Waals surface area contributed by atoms with E-state index in [2.05, 4.69) is 34.2 Å². The lowest BCUT2D eigenvalue weighted by Gasteiger charge is -2.34. The molecule has 1 aromatic rings. The smallest absolute Gasteiger partial charge is 0.317 e. The molecule has 136 valence electrons. The maximum Gasteiger partial charge on any atom is 0.317 e. The van der Waals surface area contributed by atoms with Crippen LogP contribution in [0.4, 0.5) is 4.79 Å². The summed E-state index contributed by atoms with van der Waals surface area (Å²) in [6.07, 6.45) is 1.91. The molecule has 0 radical (unpaired) electrons. The predicted octanol–water partition coefficient (Wildman–Crippen LogP) is 1.93. The van der Waals surface area contributed by atoms with Crippen molar-refractivity contribution in [3.8, 4) is 0 Å². The number of amides is 2. The third-order valence-electron chi connectivity index (χ3n) is 4.14. The van der Waals surface area contributed by atoms with Gasteiger partial charge in [0.15, 0.2) is 0 Å². The average molecular weight is 374 g/mol. The quantitative estimate of drug-likeness (QED) is 0.793. The fraction of sp³-hybridized carbons (Fsp3) is 0.750. The highest BCUT2D eigenvalue weighted by atomic mass is 35.5. The second kappa shape index (κ2) is 9.56. The molecular formula is C16H28ClN5OS. The van der Waals surface area contributed by atoms with Crippen molar-refractivity contribution in [2.24, 2.45) is 0 Å². The molecule has 0 bridgehead atoms. The van der Waals surface area contributed by atoms with Gasteiger partial charge >= 0.3 is 6.03 Å². The Morgan fingerprint density at radius 1 is 1.33 bits per heavy atom. The highest BCUT2D eigenvalue weighted by molar-refractivity contribution is 7.16. The Labute approximate surface area is 153 Å². The van der Waals surface area contributed by atoms with Gasteiger partial charge in [-0.05, 0) is 40.5 Å². The number of aromatic nitrogens is 1. The van der Waals surface area contributed by atoms with Crippen LogP contribution in [0, 0.1) is 6.92 Å². The zero-order valence-corrected chi connectivity index (χ0v) is 16.4. The van der Waals surface area contributed by atoms with Gasteiger partial charge in [0.25, 0.3) is 0 Å². The van der Waals surface area contributed by atoms with E-state index >= 15 is 0 Å². The zero-order chi connectivity index (χ0) is 17.5. The second-order valence-corrected chi connectivity index (χ2v) is 8.12. The van der Waals surface area contributed by atoms with Crippen LogP contribution in [0.1, 0.15) is 17.1 Å². The lowest BCUT2D eigenvalue weighted by atomic mass is 10.3. The summed E-state index contributed by atoms with van der Waals surface area (Å²) in [6.45, 7) is 8.25. The van der Waals surface area contributed by atoms with Gasteiger partial charge in [-0.2, -0.15) is 0 Å². The van der Waals surface area contributed by atoms with Crippen LogP contribution in [-0.2, 0) is 6.42 Å².